The molecule has 271 valence electrons. The van der Waals surface area contributed by atoms with Gasteiger partial charge in [0.05, 0.1) is 15.3 Å². The minimum absolute atomic E-state index is 0. The summed E-state index contributed by atoms with van der Waals surface area (Å²) in [5, 5.41) is 3.28. The van der Waals surface area contributed by atoms with Crippen LogP contribution in [0.2, 0.25) is 0 Å². The van der Waals surface area contributed by atoms with Crippen molar-refractivity contribution in [3.8, 4) is 33.6 Å². The molecule has 4 aromatic heterocycles. The van der Waals surface area contributed by atoms with E-state index in [1.165, 1.54) is 34.0 Å². The van der Waals surface area contributed by atoms with E-state index in [9.17, 15) is 0 Å². The number of pyridine rings is 2. The molecule has 4 heterocycles. The molecule has 4 nitrogen and oxygen atoms in total. The van der Waals surface area contributed by atoms with E-state index in [4.69, 9.17) is 18.5 Å². The van der Waals surface area contributed by atoms with E-state index < -0.39 is 6.85 Å². The van der Waals surface area contributed by atoms with Crippen molar-refractivity contribution in [1.82, 2.24) is 15.0 Å². The average molecular weight is 895 g/mol. The number of fused-ring (bicyclic) bond motifs is 5. The van der Waals surface area contributed by atoms with Gasteiger partial charge in [-0.25, -0.2) is 4.98 Å². The van der Waals surface area contributed by atoms with Crippen molar-refractivity contribution in [2.24, 2.45) is 5.41 Å². The number of furan rings is 1. The number of aromatic nitrogens is 3. The molecule has 4 aromatic carbocycles. The summed E-state index contributed by atoms with van der Waals surface area (Å²) in [4.78, 5) is 14.2. The zero-order chi connectivity index (χ0) is 39.3. The summed E-state index contributed by atoms with van der Waals surface area (Å²) in [6.07, 6.45) is 4.38. The number of hydrogen-bond acceptors (Lipinski definition) is 5. The van der Waals surface area contributed by atoms with Crippen molar-refractivity contribution in [2.75, 3.05) is 0 Å². The predicted molar refractivity (Wildman–Crippen MR) is 219 cm³/mol. The summed E-state index contributed by atoms with van der Waals surface area (Å²) in [7, 11) is 0. The first-order chi connectivity index (χ1) is 26.0. The van der Waals surface area contributed by atoms with Crippen LogP contribution < -0.4 is 0 Å². The molecule has 0 fully saturated rings. The fourth-order valence-electron chi connectivity index (χ4n) is 6.62. The van der Waals surface area contributed by atoms with E-state index in [1.54, 1.807) is 29.5 Å². The van der Waals surface area contributed by atoms with Gasteiger partial charge in [-0.15, -0.1) is 65.4 Å². The third kappa shape index (κ3) is 8.06. The Morgan fingerprint density at radius 1 is 0.774 bits per heavy atom. The number of hydrogen-bond donors (Lipinski definition) is 0. The maximum absolute atomic E-state index is 7.23. The number of aryl methyl sites for hydroxylation is 3. The molecule has 0 N–H and O–H groups in total. The maximum Gasteiger partial charge on any atom is 0.148 e. The Hall–Kier alpha value is -4.48. The molecule has 0 amide bonds. The molecule has 0 unspecified atom stereocenters. The molecule has 1 radical (unpaired) electrons. The van der Waals surface area contributed by atoms with Crippen LogP contribution in [0.1, 0.15) is 72.9 Å². The largest absolute Gasteiger partial charge is 0.498 e. The van der Waals surface area contributed by atoms with E-state index >= 15 is 0 Å². The molecule has 0 bridgehead atoms. The fraction of sp³-hybridized carbons (Fsp3) is 0.255. The quantitative estimate of drug-likeness (QED) is 0.165. The van der Waals surface area contributed by atoms with Crippen molar-refractivity contribution in [3.05, 3.63) is 137 Å². The molecule has 53 heavy (non-hydrogen) atoms. The first kappa shape index (κ1) is 34.3. The van der Waals surface area contributed by atoms with Crippen molar-refractivity contribution in [1.29, 1.82) is 0 Å². The van der Waals surface area contributed by atoms with Crippen molar-refractivity contribution in [2.45, 2.75) is 74.1 Å². The average Bonchev–Trinajstić information content (AvgIpc) is 3.75. The molecule has 0 aliphatic heterocycles. The van der Waals surface area contributed by atoms with Gasteiger partial charge in [-0.05, 0) is 77.8 Å². The Balaban J connectivity index is 0.000000263. The first-order valence-electron chi connectivity index (χ1n) is 19.1. The van der Waals surface area contributed by atoms with Crippen LogP contribution in [-0.4, -0.2) is 15.0 Å². The van der Waals surface area contributed by atoms with Gasteiger partial charge in [-0.1, -0.05) is 95.0 Å². The number of rotatable bonds is 4. The SMILES string of the molecule is Cc1cccc(C)c1-c1cnc(-c2[c-]ccc3c2oc2c3ccc3sc(C(C)(C)C)nc32)cc1CC(C)(C)C.[2H]C([2H])([2H])c1ccc(-c2[c-]cccc2)nc1.[Ir]. The van der Waals surface area contributed by atoms with Gasteiger partial charge >= 0.3 is 0 Å². The maximum atomic E-state index is 7.23. The van der Waals surface area contributed by atoms with Gasteiger partial charge in [0.1, 0.15) is 11.1 Å². The summed E-state index contributed by atoms with van der Waals surface area (Å²) < 4.78 is 29.5. The van der Waals surface area contributed by atoms with E-state index in [2.05, 4.69) is 121 Å². The van der Waals surface area contributed by atoms with Crippen LogP contribution in [-0.2, 0) is 31.9 Å². The summed E-state index contributed by atoms with van der Waals surface area (Å²) in [5.41, 5.74) is 12.7. The second kappa shape index (κ2) is 15.1. The summed E-state index contributed by atoms with van der Waals surface area (Å²) in [6.45, 7) is 15.8. The number of thiazole rings is 1. The first-order valence-corrected chi connectivity index (χ1v) is 18.5. The molecular weight excluding hydrogens is 847 g/mol. The fourth-order valence-corrected chi connectivity index (χ4v) is 7.64. The van der Waals surface area contributed by atoms with E-state index in [1.807, 2.05) is 24.3 Å². The molecule has 0 atom stereocenters. The predicted octanol–water partition coefficient (Wildman–Crippen LogP) is 13.1. The monoisotopic (exact) mass is 895 g/mol. The Kier molecular flexibility index (Phi) is 9.77. The van der Waals surface area contributed by atoms with Gasteiger partial charge < -0.3 is 14.4 Å². The van der Waals surface area contributed by atoms with Crippen molar-refractivity contribution >= 4 is 43.5 Å². The van der Waals surface area contributed by atoms with Gasteiger partial charge in [0, 0.05) is 53.0 Å². The Morgan fingerprint density at radius 2 is 1.53 bits per heavy atom. The van der Waals surface area contributed by atoms with Gasteiger partial charge in [0.15, 0.2) is 0 Å². The second-order valence-corrected chi connectivity index (χ2v) is 16.7. The minimum atomic E-state index is -2.09. The van der Waals surface area contributed by atoms with E-state index in [0.29, 0.717) is 0 Å². The summed E-state index contributed by atoms with van der Waals surface area (Å²) in [5.74, 6) is 0. The van der Waals surface area contributed by atoms with E-state index in [0.717, 1.165) is 66.1 Å². The summed E-state index contributed by atoms with van der Waals surface area (Å²) >= 11 is 1.75. The molecule has 0 aliphatic rings. The van der Waals surface area contributed by atoms with Crippen LogP contribution in [0.25, 0.3) is 65.8 Å². The van der Waals surface area contributed by atoms with Crippen LogP contribution in [0.15, 0.2) is 102 Å². The van der Waals surface area contributed by atoms with Crippen LogP contribution >= 0.6 is 11.3 Å². The second-order valence-electron chi connectivity index (χ2n) is 15.7. The minimum Gasteiger partial charge on any atom is -0.498 e. The normalized spacial score (nSPS) is 12.9. The zero-order valence-electron chi connectivity index (χ0n) is 34.4. The van der Waals surface area contributed by atoms with Gasteiger partial charge in [-0.3, -0.25) is 0 Å². The van der Waals surface area contributed by atoms with Crippen LogP contribution in [0.3, 0.4) is 0 Å². The molecule has 8 aromatic rings. The third-order valence-corrected chi connectivity index (χ3v) is 10.5. The molecule has 6 heteroatoms. The van der Waals surface area contributed by atoms with Gasteiger partial charge in [0.25, 0.3) is 0 Å². The Labute approximate surface area is 335 Å². The number of nitrogens with zero attached hydrogens (tertiary/aromatic N) is 3. The summed E-state index contributed by atoms with van der Waals surface area (Å²) in [6, 6.07) is 34.4. The van der Waals surface area contributed by atoms with Crippen LogP contribution in [0.5, 0.6) is 0 Å². The van der Waals surface area contributed by atoms with Gasteiger partial charge in [0.2, 0.25) is 0 Å². The van der Waals surface area contributed by atoms with E-state index in [-0.39, 0.29) is 36.5 Å². The zero-order valence-corrected chi connectivity index (χ0v) is 34.6. The molecule has 0 spiro atoms. The molecule has 0 saturated carbocycles. The smallest absolute Gasteiger partial charge is 0.148 e. The van der Waals surface area contributed by atoms with Gasteiger partial charge in [-0.2, -0.15) is 0 Å². The molecule has 8 rings (SSSR count). The molecular formula is C47H45IrN3OS-2. The number of benzene rings is 4. The van der Waals surface area contributed by atoms with Crippen molar-refractivity contribution < 1.29 is 28.6 Å². The molecule has 0 aliphatic carbocycles. The Bertz CT molecular complexity index is 2630. The Morgan fingerprint density at radius 3 is 2.19 bits per heavy atom. The standard InChI is InChI=1S/C35H35N2OS.C12H10N.Ir/c1-20-11-9-12-21(2)29(20)26-19-36-27(17-22(26)18-34(3,4)5)25-14-10-13-23-24-15-16-28-30(32(24)38-31(23)25)37-33(39-28)35(6,7)8;1-10-7-8-12(13-9-10)11-5-3-2-4-6-11;/h9-13,15-17,19H,18H2,1-8H3;2-5,7-9H,1H3;/q2*-1;/i;1D3;. The topological polar surface area (TPSA) is 51.8 Å². The van der Waals surface area contributed by atoms with Crippen LogP contribution in [0, 0.1) is 38.2 Å². The van der Waals surface area contributed by atoms with Crippen molar-refractivity contribution in [3.63, 3.8) is 0 Å². The van der Waals surface area contributed by atoms with Crippen LogP contribution in [0.4, 0.5) is 0 Å². The third-order valence-electron chi connectivity index (χ3n) is 9.07. The molecule has 0 saturated heterocycles.